The molecule has 0 fully saturated rings. The molecule has 0 aliphatic heterocycles. The van der Waals surface area contributed by atoms with E-state index in [1.54, 1.807) is 0 Å². The van der Waals surface area contributed by atoms with Gasteiger partial charge in [0.05, 0.1) is 5.69 Å². The van der Waals surface area contributed by atoms with E-state index in [-0.39, 0.29) is 5.41 Å². The van der Waals surface area contributed by atoms with Crippen LogP contribution in [0.4, 0.5) is 17.1 Å². The van der Waals surface area contributed by atoms with Crippen LogP contribution in [0.1, 0.15) is 25.0 Å². The second-order valence-corrected chi connectivity index (χ2v) is 13.9. The number of fused-ring (bicyclic) bond motifs is 4. The van der Waals surface area contributed by atoms with Gasteiger partial charge in [0.25, 0.3) is 0 Å². The van der Waals surface area contributed by atoms with Crippen molar-refractivity contribution in [1.82, 2.24) is 4.57 Å². The second-order valence-electron chi connectivity index (χ2n) is 13.9. The van der Waals surface area contributed by atoms with E-state index in [4.69, 9.17) is 0 Å². The lowest BCUT2D eigenvalue weighted by Crippen LogP contribution is -2.16. The molecule has 0 saturated heterocycles. The predicted octanol–water partition coefficient (Wildman–Crippen LogP) is 13.0. The smallest absolute Gasteiger partial charge is 0.0568 e. The lowest BCUT2D eigenvalue weighted by molar-refractivity contribution is 0.660. The number of para-hydroxylation sites is 1. The summed E-state index contributed by atoms with van der Waals surface area (Å²) in [6, 6.07) is 64.1. The van der Waals surface area contributed by atoms with Crippen molar-refractivity contribution >= 4 is 28.0 Å². The molecule has 2 nitrogen and oxygen atoms in total. The van der Waals surface area contributed by atoms with Crippen molar-refractivity contribution in [1.29, 1.82) is 0 Å². The van der Waals surface area contributed by atoms with Crippen LogP contribution in [0, 0.1) is 0 Å². The Morgan fingerprint density at radius 2 is 0.960 bits per heavy atom. The summed E-state index contributed by atoms with van der Waals surface area (Å²) in [6.45, 7) is 4.70. The Hall–Kier alpha value is -6.12. The first-order valence-corrected chi connectivity index (χ1v) is 17.4. The van der Waals surface area contributed by atoms with Gasteiger partial charge in [-0.2, -0.15) is 0 Å². The van der Waals surface area contributed by atoms with Gasteiger partial charge in [0.2, 0.25) is 0 Å². The molecule has 0 bridgehead atoms. The fraction of sp³-hybridized carbons (Fsp3) is 0.0833. The first-order valence-electron chi connectivity index (χ1n) is 17.4. The molecule has 2 heteroatoms. The second kappa shape index (κ2) is 11.8. The summed E-state index contributed by atoms with van der Waals surface area (Å²) >= 11 is 0. The molecule has 0 amide bonds. The van der Waals surface area contributed by atoms with Gasteiger partial charge in [0, 0.05) is 46.0 Å². The molecule has 1 aliphatic rings. The van der Waals surface area contributed by atoms with Gasteiger partial charge in [0.15, 0.2) is 0 Å². The third-order valence-corrected chi connectivity index (χ3v) is 10.6. The van der Waals surface area contributed by atoms with E-state index in [1.807, 2.05) is 0 Å². The van der Waals surface area contributed by atoms with Crippen LogP contribution in [0.15, 0.2) is 176 Å². The van der Waals surface area contributed by atoms with Gasteiger partial charge in [-0.25, -0.2) is 0 Å². The van der Waals surface area contributed by atoms with Gasteiger partial charge in [-0.1, -0.05) is 147 Å². The van der Waals surface area contributed by atoms with E-state index >= 15 is 0 Å². The molecule has 1 heterocycles. The third kappa shape index (κ3) is 4.79. The van der Waals surface area contributed by atoms with Crippen LogP contribution in [-0.4, -0.2) is 4.57 Å². The van der Waals surface area contributed by atoms with Gasteiger partial charge in [-0.05, 0) is 87.0 Å². The van der Waals surface area contributed by atoms with Crippen LogP contribution in [0.25, 0.3) is 55.5 Å². The molecule has 0 N–H and O–H groups in total. The average Bonchev–Trinajstić information content (AvgIpc) is 3.60. The molecular weight excluding hydrogens is 605 g/mol. The zero-order valence-electron chi connectivity index (χ0n) is 28.6. The Labute approximate surface area is 294 Å². The molecule has 0 atom stereocenters. The molecule has 240 valence electrons. The van der Waals surface area contributed by atoms with Crippen LogP contribution < -0.4 is 4.90 Å². The molecule has 0 saturated carbocycles. The Morgan fingerprint density at radius 3 is 1.66 bits per heavy atom. The molecule has 0 radical (unpaired) electrons. The van der Waals surface area contributed by atoms with Crippen molar-refractivity contribution in [3.05, 3.63) is 187 Å². The van der Waals surface area contributed by atoms with E-state index in [1.165, 1.54) is 66.7 Å². The van der Waals surface area contributed by atoms with Crippen LogP contribution >= 0.6 is 0 Å². The molecule has 0 unspecified atom stereocenters. The number of nitrogens with zero attached hydrogens (tertiary/aromatic N) is 2. The largest absolute Gasteiger partial charge is 0.343 e. The number of aromatic nitrogens is 1. The highest BCUT2D eigenvalue weighted by Gasteiger charge is 2.35. The highest BCUT2D eigenvalue weighted by molar-refractivity contribution is 6.04. The van der Waals surface area contributed by atoms with Crippen molar-refractivity contribution in [2.45, 2.75) is 19.3 Å². The Bertz CT molecular complexity index is 2490. The fourth-order valence-electron chi connectivity index (χ4n) is 8.11. The van der Waals surface area contributed by atoms with Crippen molar-refractivity contribution < 1.29 is 0 Å². The summed E-state index contributed by atoms with van der Waals surface area (Å²) in [5.41, 5.74) is 17.3. The van der Waals surface area contributed by atoms with Crippen molar-refractivity contribution in [3.63, 3.8) is 0 Å². The number of hydrogen-bond donors (Lipinski definition) is 0. The molecular formula is C48H38N2. The van der Waals surface area contributed by atoms with Gasteiger partial charge in [0.1, 0.15) is 0 Å². The molecule has 7 aromatic carbocycles. The van der Waals surface area contributed by atoms with Gasteiger partial charge < -0.3 is 9.47 Å². The van der Waals surface area contributed by atoms with E-state index in [2.05, 4.69) is 206 Å². The quantitative estimate of drug-likeness (QED) is 0.175. The maximum atomic E-state index is 2.41. The summed E-state index contributed by atoms with van der Waals surface area (Å²) in [5.74, 6) is 0. The van der Waals surface area contributed by atoms with Gasteiger partial charge in [-0.15, -0.1) is 0 Å². The van der Waals surface area contributed by atoms with E-state index in [9.17, 15) is 0 Å². The summed E-state index contributed by atoms with van der Waals surface area (Å²) in [4.78, 5) is 2.40. The number of rotatable bonds is 6. The van der Waals surface area contributed by atoms with Crippen molar-refractivity contribution in [2.75, 3.05) is 4.90 Å². The molecule has 50 heavy (non-hydrogen) atoms. The lowest BCUT2D eigenvalue weighted by atomic mass is 9.82. The Kier molecular flexibility index (Phi) is 7.07. The number of anilines is 3. The van der Waals surface area contributed by atoms with Crippen LogP contribution in [0.3, 0.4) is 0 Å². The molecule has 1 aliphatic carbocycles. The van der Waals surface area contributed by atoms with Gasteiger partial charge >= 0.3 is 0 Å². The van der Waals surface area contributed by atoms with E-state index in [0.29, 0.717) is 0 Å². The predicted molar refractivity (Wildman–Crippen MR) is 211 cm³/mol. The highest BCUT2D eigenvalue weighted by atomic mass is 15.1. The molecule has 9 rings (SSSR count). The van der Waals surface area contributed by atoms with Crippen molar-refractivity contribution in [2.24, 2.45) is 7.05 Å². The maximum Gasteiger partial charge on any atom is 0.0568 e. The zero-order chi connectivity index (χ0) is 33.8. The SMILES string of the molecule is Cn1c(-c2ccc(N(c3ccc(-c4ccccc4)cc3)c3ccc4c(c3)C(C)(C)c3ccccc3-4)cc2)c(-c2ccccc2)c2ccccc21. The van der Waals surface area contributed by atoms with Crippen molar-refractivity contribution in [3.8, 4) is 44.6 Å². The average molecular weight is 643 g/mol. The van der Waals surface area contributed by atoms with Crippen LogP contribution in [-0.2, 0) is 12.5 Å². The van der Waals surface area contributed by atoms with E-state index in [0.717, 1.165) is 17.1 Å². The minimum absolute atomic E-state index is 0.0863. The summed E-state index contributed by atoms with van der Waals surface area (Å²) < 4.78 is 2.34. The van der Waals surface area contributed by atoms with Crippen LogP contribution in [0.5, 0.6) is 0 Å². The van der Waals surface area contributed by atoms with Crippen LogP contribution in [0.2, 0.25) is 0 Å². The third-order valence-electron chi connectivity index (χ3n) is 10.6. The normalized spacial score (nSPS) is 12.9. The maximum absolute atomic E-state index is 2.41. The van der Waals surface area contributed by atoms with E-state index < -0.39 is 0 Å². The monoisotopic (exact) mass is 642 g/mol. The molecule has 0 spiro atoms. The number of benzene rings is 7. The molecule has 8 aromatic rings. The molecule has 1 aromatic heterocycles. The standard InChI is InChI=1S/C48H38N2/c1-48(2)43-20-12-10-18-40(43)41-31-30-39(32-44(41)48)50(37-26-22-34(23-27-37)33-14-6-4-7-15-33)38-28-24-36(25-29-38)47-46(35-16-8-5-9-17-35)42-19-11-13-21-45(42)49(47)3/h4-32H,1-3H3. The number of hydrogen-bond acceptors (Lipinski definition) is 1. The summed E-state index contributed by atoms with van der Waals surface area (Å²) in [6.07, 6.45) is 0. The number of aryl methyl sites for hydroxylation is 1. The lowest BCUT2D eigenvalue weighted by Gasteiger charge is -2.28. The zero-order valence-corrected chi connectivity index (χ0v) is 28.6. The minimum Gasteiger partial charge on any atom is -0.343 e. The minimum atomic E-state index is -0.0863. The highest BCUT2D eigenvalue weighted by Crippen LogP contribution is 2.51. The Morgan fingerprint density at radius 1 is 0.440 bits per heavy atom. The summed E-state index contributed by atoms with van der Waals surface area (Å²) in [7, 11) is 2.18. The van der Waals surface area contributed by atoms with Gasteiger partial charge in [-0.3, -0.25) is 0 Å². The fourth-order valence-corrected chi connectivity index (χ4v) is 8.11. The summed E-state index contributed by atoms with van der Waals surface area (Å²) in [5, 5.41) is 1.27. The Balaban J connectivity index is 1.18. The first kappa shape index (κ1) is 30.0. The first-order chi connectivity index (χ1) is 24.5. The topological polar surface area (TPSA) is 8.17 Å².